The second kappa shape index (κ2) is 8.38. The molecule has 4 heteroatoms. The molecule has 31 heavy (non-hydrogen) atoms. The van der Waals surface area contributed by atoms with Crippen LogP contribution in [-0.2, 0) is 32.3 Å². The van der Waals surface area contributed by atoms with E-state index in [4.69, 9.17) is 9.47 Å². The standard InChI is InChI=1S/C27H24O4/c28-26(30-16-18-6-2-1-3-7-18)24-22-12-13-23(15-22)25(24)27(29)31-17-19-10-11-20-8-4-5-9-21(20)14-19/h1-14,22-25H,15-17H2/t22-,23+,24-,25+/m1/s1. The Labute approximate surface area is 181 Å². The maximum Gasteiger partial charge on any atom is 0.310 e. The minimum Gasteiger partial charge on any atom is -0.461 e. The van der Waals surface area contributed by atoms with Crippen LogP contribution in [0.3, 0.4) is 0 Å². The van der Waals surface area contributed by atoms with Crippen molar-refractivity contribution >= 4 is 22.7 Å². The van der Waals surface area contributed by atoms with E-state index in [2.05, 4.69) is 6.07 Å². The van der Waals surface area contributed by atoms with Crippen molar-refractivity contribution in [3.8, 4) is 0 Å². The third-order valence-corrected chi connectivity index (χ3v) is 6.42. The molecule has 0 N–H and O–H groups in total. The molecule has 1 fully saturated rings. The van der Waals surface area contributed by atoms with Crippen LogP contribution in [0.1, 0.15) is 17.5 Å². The number of rotatable bonds is 6. The molecule has 0 saturated heterocycles. The van der Waals surface area contributed by atoms with Crippen LogP contribution in [-0.4, -0.2) is 11.9 Å². The molecular weight excluding hydrogens is 388 g/mol. The van der Waals surface area contributed by atoms with Crippen molar-refractivity contribution in [2.45, 2.75) is 19.6 Å². The molecule has 0 unspecified atom stereocenters. The average Bonchev–Trinajstić information content (AvgIpc) is 3.43. The second-order valence-electron chi connectivity index (χ2n) is 8.38. The van der Waals surface area contributed by atoms with E-state index in [1.165, 1.54) is 0 Å². The monoisotopic (exact) mass is 412 g/mol. The Bertz CT molecular complexity index is 1130. The predicted octanol–water partition coefficient (Wildman–Crippen LogP) is 5.06. The van der Waals surface area contributed by atoms with Gasteiger partial charge in [-0.25, -0.2) is 0 Å². The quantitative estimate of drug-likeness (QED) is 0.419. The molecule has 2 aliphatic rings. The number of carbonyl (C=O) groups excluding carboxylic acids is 2. The maximum absolute atomic E-state index is 13.0. The van der Waals surface area contributed by atoms with Crippen LogP contribution in [0.15, 0.2) is 84.9 Å². The van der Waals surface area contributed by atoms with Gasteiger partial charge < -0.3 is 9.47 Å². The van der Waals surface area contributed by atoms with Gasteiger partial charge in [-0.15, -0.1) is 0 Å². The van der Waals surface area contributed by atoms with Gasteiger partial charge in [0.05, 0.1) is 11.8 Å². The number of hydrogen-bond acceptors (Lipinski definition) is 4. The number of ether oxygens (including phenoxy) is 2. The first-order valence-corrected chi connectivity index (χ1v) is 10.7. The minimum atomic E-state index is -0.473. The van der Waals surface area contributed by atoms with Crippen molar-refractivity contribution in [3.05, 3.63) is 96.1 Å². The van der Waals surface area contributed by atoms with Gasteiger partial charge in [-0.2, -0.15) is 0 Å². The predicted molar refractivity (Wildman–Crippen MR) is 118 cm³/mol. The third-order valence-electron chi connectivity index (χ3n) is 6.42. The summed E-state index contributed by atoms with van der Waals surface area (Å²) >= 11 is 0. The largest absolute Gasteiger partial charge is 0.461 e. The molecule has 156 valence electrons. The smallest absolute Gasteiger partial charge is 0.310 e. The first-order chi connectivity index (χ1) is 15.2. The molecule has 1 saturated carbocycles. The fourth-order valence-corrected chi connectivity index (χ4v) is 4.87. The Kier molecular flexibility index (Phi) is 5.29. The Balaban J connectivity index is 1.25. The van der Waals surface area contributed by atoms with Crippen molar-refractivity contribution in [2.75, 3.05) is 0 Å². The van der Waals surface area contributed by atoms with Gasteiger partial charge in [0, 0.05) is 0 Å². The lowest BCUT2D eigenvalue weighted by atomic mass is 9.83. The van der Waals surface area contributed by atoms with E-state index in [-0.39, 0.29) is 37.0 Å². The van der Waals surface area contributed by atoms with E-state index in [1.54, 1.807) is 0 Å². The summed E-state index contributed by atoms with van der Waals surface area (Å²) in [5.41, 5.74) is 1.87. The molecule has 3 aromatic carbocycles. The fraction of sp³-hybridized carbons (Fsp3) is 0.259. The molecule has 0 radical (unpaired) electrons. The highest BCUT2D eigenvalue weighted by atomic mass is 16.5. The highest BCUT2D eigenvalue weighted by Gasteiger charge is 2.53. The molecule has 4 nitrogen and oxygen atoms in total. The summed E-state index contributed by atoms with van der Waals surface area (Å²) in [5, 5.41) is 2.26. The van der Waals surface area contributed by atoms with E-state index in [0.29, 0.717) is 0 Å². The molecule has 3 aromatic rings. The van der Waals surface area contributed by atoms with Crippen LogP contribution in [0.4, 0.5) is 0 Å². The molecule has 0 heterocycles. The lowest BCUT2D eigenvalue weighted by Crippen LogP contribution is -2.35. The van der Waals surface area contributed by atoms with Crippen LogP contribution in [0.25, 0.3) is 10.8 Å². The summed E-state index contributed by atoms with van der Waals surface area (Å²) in [5.74, 6) is -1.48. The van der Waals surface area contributed by atoms with Gasteiger partial charge in [0.25, 0.3) is 0 Å². The number of esters is 2. The highest BCUT2D eigenvalue weighted by molar-refractivity contribution is 5.85. The second-order valence-corrected chi connectivity index (χ2v) is 8.38. The zero-order valence-corrected chi connectivity index (χ0v) is 17.1. The topological polar surface area (TPSA) is 52.6 Å². The Morgan fingerprint density at radius 3 is 1.94 bits per heavy atom. The van der Waals surface area contributed by atoms with Crippen LogP contribution in [0, 0.1) is 23.7 Å². The minimum absolute atomic E-state index is 0.0448. The molecule has 2 bridgehead atoms. The summed E-state index contributed by atoms with van der Waals surface area (Å²) in [6, 6.07) is 23.7. The van der Waals surface area contributed by atoms with Crippen molar-refractivity contribution in [1.29, 1.82) is 0 Å². The number of benzene rings is 3. The number of fused-ring (bicyclic) bond motifs is 3. The number of allylic oxidation sites excluding steroid dienone is 2. The summed E-state index contributed by atoms with van der Waals surface area (Å²) in [4.78, 5) is 25.9. The van der Waals surface area contributed by atoms with E-state index in [9.17, 15) is 9.59 Å². The summed E-state index contributed by atoms with van der Waals surface area (Å²) in [6.45, 7) is 0.420. The van der Waals surface area contributed by atoms with Crippen LogP contribution >= 0.6 is 0 Å². The Hall–Kier alpha value is -3.40. The zero-order chi connectivity index (χ0) is 21.2. The van der Waals surface area contributed by atoms with Gasteiger partial charge in [0.15, 0.2) is 0 Å². The normalized spacial score (nSPS) is 23.7. The Morgan fingerprint density at radius 1 is 0.677 bits per heavy atom. The van der Waals surface area contributed by atoms with Crippen molar-refractivity contribution in [2.24, 2.45) is 23.7 Å². The zero-order valence-electron chi connectivity index (χ0n) is 17.1. The summed E-state index contributed by atoms with van der Waals surface area (Å²) < 4.78 is 11.3. The number of hydrogen-bond donors (Lipinski definition) is 0. The molecule has 0 spiro atoms. The van der Waals surface area contributed by atoms with E-state index >= 15 is 0 Å². The van der Waals surface area contributed by atoms with Crippen molar-refractivity contribution in [1.82, 2.24) is 0 Å². The van der Waals surface area contributed by atoms with Crippen LogP contribution in [0.2, 0.25) is 0 Å². The lowest BCUT2D eigenvalue weighted by molar-refractivity contribution is -0.162. The van der Waals surface area contributed by atoms with E-state index in [0.717, 1.165) is 28.3 Å². The van der Waals surface area contributed by atoms with Crippen LogP contribution in [0.5, 0.6) is 0 Å². The highest BCUT2D eigenvalue weighted by Crippen LogP contribution is 2.49. The third kappa shape index (κ3) is 3.98. The van der Waals surface area contributed by atoms with Gasteiger partial charge >= 0.3 is 11.9 Å². The van der Waals surface area contributed by atoms with Crippen molar-refractivity contribution < 1.29 is 19.1 Å². The number of carbonyl (C=O) groups is 2. The molecule has 4 atom stereocenters. The first kappa shape index (κ1) is 19.6. The summed E-state index contributed by atoms with van der Waals surface area (Å²) in [7, 11) is 0. The van der Waals surface area contributed by atoms with Gasteiger partial charge in [0.2, 0.25) is 0 Å². The fourth-order valence-electron chi connectivity index (χ4n) is 4.87. The molecule has 0 amide bonds. The average molecular weight is 412 g/mol. The molecular formula is C27H24O4. The van der Waals surface area contributed by atoms with E-state index < -0.39 is 11.8 Å². The Morgan fingerprint density at radius 2 is 1.26 bits per heavy atom. The van der Waals surface area contributed by atoms with E-state index in [1.807, 2.05) is 78.9 Å². The first-order valence-electron chi connectivity index (χ1n) is 10.7. The lowest BCUT2D eigenvalue weighted by Gasteiger charge is -2.25. The SMILES string of the molecule is O=C(OCc1ccc2ccccc2c1)[C@@H]1[C@H](C(=O)OCc2ccccc2)[C@@H]2C=C[C@H]1C2. The molecule has 5 rings (SSSR count). The van der Waals surface area contributed by atoms with Gasteiger partial charge in [-0.05, 0) is 46.2 Å². The van der Waals surface area contributed by atoms with Crippen molar-refractivity contribution in [3.63, 3.8) is 0 Å². The van der Waals surface area contributed by atoms with Gasteiger partial charge in [-0.3, -0.25) is 9.59 Å². The van der Waals surface area contributed by atoms with Gasteiger partial charge in [-0.1, -0.05) is 78.9 Å². The van der Waals surface area contributed by atoms with Crippen LogP contribution < -0.4 is 0 Å². The maximum atomic E-state index is 13.0. The van der Waals surface area contributed by atoms with Gasteiger partial charge in [0.1, 0.15) is 13.2 Å². The molecule has 0 aliphatic heterocycles. The summed E-state index contributed by atoms with van der Waals surface area (Å²) in [6.07, 6.45) is 4.90. The molecule has 2 aliphatic carbocycles. The molecule has 0 aromatic heterocycles.